The van der Waals surface area contributed by atoms with Crippen LogP contribution in [0.2, 0.25) is 16.6 Å². The standard InChI is InChI=1S/C22H31NSi/c1-16(2)24(17(3)4,18(5)6)12-11-21-13-19-9-7-8-10-20(19)14-22(21)15-23/h7-10,13-14,16-18H,15,23H2,1-6H3. The van der Waals surface area contributed by atoms with E-state index in [9.17, 15) is 0 Å². The molecule has 2 N–H and O–H groups in total. The molecule has 0 saturated heterocycles. The minimum absolute atomic E-state index is 0.536. The van der Waals surface area contributed by atoms with Crippen LogP contribution in [0.3, 0.4) is 0 Å². The fraction of sp³-hybridized carbons (Fsp3) is 0.455. The van der Waals surface area contributed by atoms with Gasteiger partial charge in [0.1, 0.15) is 8.07 Å². The summed E-state index contributed by atoms with van der Waals surface area (Å²) in [6, 6.07) is 12.9. The minimum atomic E-state index is -1.72. The van der Waals surface area contributed by atoms with Crippen LogP contribution in [0.25, 0.3) is 10.8 Å². The van der Waals surface area contributed by atoms with Crippen molar-refractivity contribution in [2.75, 3.05) is 0 Å². The van der Waals surface area contributed by atoms with Gasteiger partial charge in [0.15, 0.2) is 0 Å². The number of rotatable bonds is 4. The fourth-order valence-electron chi connectivity index (χ4n) is 4.18. The molecule has 0 aromatic heterocycles. The first-order valence-electron chi connectivity index (χ1n) is 9.07. The van der Waals surface area contributed by atoms with Crippen LogP contribution in [0.5, 0.6) is 0 Å². The zero-order valence-electron chi connectivity index (χ0n) is 16.0. The summed E-state index contributed by atoms with van der Waals surface area (Å²) in [6.07, 6.45) is 0. The average molecular weight is 338 g/mol. The van der Waals surface area contributed by atoms with E-state index in [1.165, 1.54) is 10.8 Å². The molecule has 0 amide bonds. The molecule has 2 aromatic carbocycles. The van der Waals surface area contributed by atoms with Gasteiger partial charge < -0.3 is 5.73 Å². The van der Waals surface area contributed by atoms with Crippen LogP contribution < -0.4 is 5.73 Å². The van der Waals surface area contributed by atoms with Gasteiger partial charge in [0.05, 0.1) is 0 Å². The van der Waals surface area contributed by atoms with Crippen LogP contribution >= 0.6 is 0 Å². The zero-order valence-corrected chi connectivity index (χ0v) is 17.0. The SMILES string of the molecule is CC(C)[Si](C#Cc1cc2ccccc2cc1CN)(C(C)C)C(C)C. The highest BCUT2D eigenvalue weighted by Gasteiger charge is 2.41. The first-order valence-corrected chi connectivity index (χ1v) is 11.3. The summed E-state index contributed by atoms with van der Waals surface area (Å²) < 4.78 is 0. The van der Waals surface area contributed by atoms with Crippen LogP contribution in [0.4, 0.5) is 0 Å². The second-order valence-electron chi connectivity index (χ2n) is 7.71. The van der Waals surface area contributed by atoms with Gasteiger partial charge in [0, 0.05) is 12.1 Å². The molecule has 0 unspecified atom stereocenters. The van der Waals surface area contributed by atoms with Crippen molar-refractivity contribution in [3.8, 4) is 11.5 Å². The summed E-state index contributed by atoms with van der Waals surface area (Å²) >= 11 is 0. The first-order chi connectivity index (χ1) is 11.3. The van der Waals surface area contributed by atoms with Crippen molar-refractivity contribution in [1.29, 1.82) is 0 Å². The number of benzene rings is 2. The third-order valence-corrected chi connectivity index (χ3v) is 11.8. The van der Waals surface area contributed by atoms with Gasteiger partial charge in [0.2, 0.25) is 0 Å². The Bertz CT molecular complexity index is 741. The van der Waals surface area contributed by atoms with Crippen LogP contribution in [-0.2, 0) is 6.54 Å². The van der Waals surface area contributed by atoms with E-state index < -0.39 is 8.07 Å². The van der Waals surface area contributed by atoms with Gasteiger partial charge in [-0.1, -0.05) is 71.7 Å². The summed E-state index contributed by atoms with van der Waals surface area (Å²) in [5, 5.41) is 2.48. The summed E-state index contributed by atoms with van der Waals surface area (Å²) in [7, 11) is -1.72. The number of nitrogens with two attached hydrogens (primary N) is 1. The van der Waals surface area contributed by atoms with Crippen LogP contribution in [0.15, 0.2) is 36.4 Å². The number of hydrogen-bond acceptors (Lipinski definition) is 1. The smallest absolute Gasteiger partial charge is 0.146 e. The van der Waals surface area contributed by atoms with E-state index in [1.807, 2.05) is 0 Å². The molecule has 128 valence electrons. The van der Waals surface area contributed by atoms with E-state index in [1.54, 1.807) is 0 Å². The van der Waals surface area contributed by atoms with Crippen molar-refractivity contribution in [2.24, 2.45) is 5.73 Å². The number of fused-ring (bicyclic) bond motifs is 1. The second-order valence-corrected chi connectivity index (χ2v) is 13.3. The summed E-state index contributed by atoms with van der Waals surface area (Å²) in [5.41, 5.74) is 14.0. The lowest BCUT2D eigenvalue weighted by Crippen LogP contribution is -2.43. The molecule has 0 saturated carbocycles. The highest BCUT2D eigenvalue weighted by atomic mass is 28.3. The van der Waals surface area contributed by atoms with Gasteiger partial charge in [0.25, 0.3) is 0 Å². The molecular formula is C22H31NSi. The Morgan fingerprint density at radius 2 is 1.38 bits per heavy atom. The maximum atomic E-state index is 6.00. The normalized spacial score (nSPS) is 12.1. The fourth-order valence-corrected chi connectivity index (χ4v) is 9.40. The topological polar surface area (TPSA) is 26.0 Å². The van der Waals surface area contributed by atoms with Gasteiger partial charge in [-0.3, -0.25) is 0 Å². The molecule has 0 spiro atoms. The zero-order chi connectivity index (χ0) is 17.9. The quantitative estimate of drug-likeness (QED) is 0.548. The molecule has 2 aromatic rings. The van der Waals surface area contributed by atoms with E-state index in [4.69, 9.17) is 5.73 Å². The molecule has 0 atom stereocenters. The highest BCUT2D eigenvalue weighted by molar-refractivity contribution is 6.90. The molecule has 2 rings (SSSR count). The Balaban J connectivity index is 2.61. The van der Waals surface area contributed by atoms with E-state index in [2.05, 4.69) is 89.4 Å². The lowest BCUT2D eigenvalue weighted by molar-refractivity contribution is 0.838. The molecule has 0 bridgehead atoms. The van der Waals surface area contributed by atoms with E-state index in [0.29, 0.717) is 23.2 Å². The van der Waals surface area contributed by atoms with Crippen LogP contribution in [-0.4, -0.2) is 8.07 Å². The van der Waals surface area contributed by atoms with Crippen molar-refractivity contribution in [2.45, 2.75) is 64.7 Å². The van der Waals surface area contributed by atoms with Crippen molar-refractivity contribution in [3.05, 3.63) is 47.5 Å². The Kier molecular flexibility index (Phi) is 5.90. The van der Waals surface area contributed by atoms with Gasteiger partial charge in [-0.15, -0.1) is 5.54 Å². The maximum Gasteiger partial charge on any atom is 0.146 e. The van der Waals surface area contributed by atoms with Crippen LogP contribution in [0, 0.1) is 11.5 Å². The first kappa shape index (κ1) is 18.8. The largest absolute Gasteiger partial charge is 0.326 e. The number of hydrogen-bond donors (Lipinski definition) is 1. The third kappa shape index (κ3) is 3.43. The lowest BCUT2D eigenvalue weighted by Gasteiger charge is -2.38. The molecule has 0 aliphatic rings. The molecule has 1 nitrogen and oxygen atoms in total. The lowest BCUT2D eigenvalue weighted by atomic mass is 10.0. The van der Waals surface area contributed by atoms with E-state index in [-0.39, 0.29) is 0 Å². The molecule has 24 heavy (non-hydrogen) atoms. The molecule has 0 aliphatic heterocycles. The predicted molar refractivity (Wildman–Crippen MR) is 110 cm³/mol. The molecule has 0 radical (unpaired) electrons. The third-order valence-electron chi connectivity index (χ3n) is 5.47. The Hall–Kier alpha value is -1.56. The van der Waals surface area contributed by atoms with Crippen LogP contribution in [0.1, 0.15) is 52.7 Å². The molecular weight excluding hydrogens is 306 g/mol. The average Bonchev–Trinajstić information content (AvgIpc) is 2.53. The van der Waals surface area contributed by atoms with E-state index >= 15 is 0 Å². The molecule has 0 fully saturated rings. The Morgan fingerprint density at radius 3 is 1.83 bits per heavy atom. The Labute approximate surface area is 148 Å². The Morgan fingerprint density at radius 1 is 0.875 bits per heavy atom. The molecule has 2 heteroatoms. The summed E-state index contributed by atoms with van der Waals surface area (Å²) in [6.45, 7) is 14.7. The molecule has 0 aliphatic carbocycles. The predicted octanol–water partition coefficient (Wildman–Crippen LogP) is 5.87. The highest BCUT2D eigenvalue weighted by Crippen LogP contribution is 2.40. The van der Waals surface area contributed by atoms with Gasteiger partial charge in [-0.05, 0) is 45.1 Å². The van der Waals surface area contributed by atoms with Gasteiger partial charge in [-0.25, -0.2) is 0 Å². The summed E-state index contributed by atoms with van der Waals surface area (Å²) in [5.74, 6) is 3.57. The van der Waals surface area contributed by atoms with Gasteiger partial charge >= 0.3 is 0 Å². The minimum Gasteiger partial charge on any atom is -0.326 e. The van der Waals surface area contributed by atoms with Crippen molar-refractivity contribution in [3.63, 3.8) is 0 Å². The van der Waals surface area contributed by atoms with Gasteiger partial charge in [-0.2, -0.15) is 0 Å². The van der Waals surface area contributed by atoms with Crippen molar-refractivity contribution < 1.29 is 0 Å². The van der Waals surface area contributed by atoms with Crippen molar-refractivity contribution in [1.82, 2.24) is 0 Å². The summed E-state index contributed by atoms with van der Waals surface area (Å²) in [4.78, 5) is 0. The van der Waals surface area contributed by atoms with Crippen molar-refractivity contribution >= 4 is 18.8 Å². The van der Waals surface area contributed by atoms with E-state index in [0.717, 1.165) is 11.1 Å². The monoisotopic (exact) mass is 337 g/mol. The second kappa shape index (κ2) is 7.55. The maximum absolute atomic E-state index is 6.00. The molecule has 0 heterocycles.